The maximum atomic E-state index is 3.59. The Morgan fingerprint density at radius 1 is 1.24 bits per heavy atom. The lowest BCUT2D eigenvalue weighted by Crippen LogP contribution is -2.34. The van der Waals surface area contributed by atoms with Crippen molar-refractivity contribution in [2.45, 2.75) is 32.9 Å². The zero-order chi connectivity index (χ0) is 12.8. The highest BCUT2D eigenvalue weighted by Gasteiger charge is 2.08. The lowest BCUT2D eigenvalue weighted by molar-refractivity contribution is 0.270. The fourth-order valence-corrected chi connectivity index (χ4v) is 2.28. The number of hydrogen-bond acceptors (Lipinski definition) is 2. The predicted molar refractivity (Wildman–Crippen MR) is 78.3 cm³/mol. The zero-order valence-corrected chi connectivity index (χ0v) is 12.8. The van der Waals surface area contributed by atoms with Crippen LogP contribution in [0.1, 0.15) is 32.4 Å². The fraction of sp³-hybridized carbons (Fsp3) is 0.571. The number of likely N-dealkylation sites (N-methyl/N-ethyl adjacent to an activating group) is 1. The second-order valence-electron chi connectivity index (χ2n) is 4.77. The monoisotopic (exact) mass is 298 g/mol. The zero-order valence-electron chi connectivity index (χ0n) is 11.2. The minimum Gasteiger partial charge on any atom is -0.309 e. The molecular weight excluding hydrogens is 276 g/mol. The van der Waals surface area contributed by atoms with Crippen LogP contribution in [0.15, 0.2) is 28.7 Å². The van der Waals surface area contributed by atoms with Gasteiger partial charge in [0, 0.05) is 29.6 Å². The summed E-state index contributed by atoms with van der Waals surface area (Å²) in [5.74, 6) is 0. The molecule has 0 heterocycles. The summed E-state index contributed by atoms with van der Waals surface area (Å²) < 4.78 is 1.18. The van der Waals surface area contributed by atoms with Crippen molar-refractivity contribution in [3.05, 3.63) is 34.3 Å². The Morgan fingerprint density at radius 3 is 2.47 bits per heavy atom. The summed E-state index contributed by atoms with van der Waals surface area (Å²) in [6, 6.07) is 9.37. The molecule has 0 amide bonds. The third kappa shape index (κ3) is 4.78. The highest BCUT2D eigenvalue weighted by Crippen LogP contribution is 2.22. The van der Waals surface area contributed by atoms with Crippen LogP contribution in [0.25, 0.3) is 0 Å². The van der Waals surface area contributed by atoms with Gasteiger partial charge in [-0.15, -0.1) is 0 Å². The molecule has 1 aromatic carbocycles. The van der Waals surface area contributed by atoms with E-state index in [-0.39, 0.29) is 0 Å². The standard InChI is InChI=1S/C14H23BrN2/c1-11(2)17(4)10-9-16-12(3)13-7-5-6-8-14(13)15/h5-8,11-12,16H,9-10H2,1-4H3. The van der Waals surface area contributed by atoms with Crippen molar-refractivity contribution < 1.29 is 0 Å². The molecule has 1 atom stereocenters. The third-order valence-electron chi connectivity index (χ3n) is 3.17. The average Bonchev–Trinajstić information content (AvgIpc) is 2.29. The molecule has 0 fully saturated rings. The first kappa shape index (κ1) is 14.7. The van der Waals surface area contributed by atoms with E-state index in [9.17, 15) is 0 Å². The summed E-state index contributed by atoms with van der Waals surface area (Å²) in [7, 11) is 2.16. The van der Waals surface area contributed by atoms with E-state index >= 15 is 0 Å². The smallest absolute Gasteiger partial charge is 0.0303 e. The summed E-state index contributed by atoms with van der Waals surface area (Å²) in [5, 5.41) is 3.55. The normalized spacial score (nSPS) is 13.4. The van der Waals surface area contributed by atoms with E-state index < -0.39 is 0 Å². The van der Waals surface area contributed by atoms with Crippen LogP contribution in [0.2, 0.25) is 0 Å². The van der Waals surface area contributed by atoms with Crippen LogP contribution in [0.4, 0.5) is 0 Å². The molecule has 3 heteroatoms. The Hall–Kier alpha value is -0.380. The van der Waals surface area contributed by atoms with Crippen LogP contribution in [0.5, 0.6) is 0 Å². The van der Waals surface area contributed by atoms with Gasteiger partial charge in [0.15, 0.2) is 0 Å². The van der Waals surface area contributed by atoms with Gasteiger partial charge >= 0.3 is 0 Å². The first-order valence-corrected chi connectivity index (χ1v) is 6.99. The number of hydrogen-bond donors (Lipinski definition) is 1. The third-order valence-corrected chi connectivity index (χ3v) is 3.89. The second-order valence-corrected chi connectivity index (χ2v) is 5.63. The van der Waals surface area contributed by atoms with E-state index in [1.54, 1.807) is 0 Å². The largest absolute Gasteiger partial charge is 0.309 e. The van der Waals surface area contributed by atoms with Crippen molar-refractivity contribution in [3.63, 3.8) is 0 Å². The van der Waals surface area contributed by atoms with Gasteiger partial charge in [0.05, 0.1) is 0 Å². The van der Waals surface area contributed by atoms with E-state index in [2.05, 4.69) is 72.2 Å². The lowest BCUT2D eigenvalue weighted by atomic mass is 10.1. The van der Waals surface area contributed by atoms with Gasteiger partial charge in [-0.1, -0.05) is 34.1 Å². The van der Waals surface area contributed by atoms with Crippen molar-refractivity contribution in [2.24, 2.45) is 0 Å². The van der Waals surface area contributed by atoms with Crippen LogP contribution in [-0.4, -0.2) is 31.1 Å². The average molecular weight is 299 g/mol. The molecule has 1 rings (SSSR count). The van der Waals surface area contributed by atoms with Gasteiger partial charge in [0.2, 0.25) is 0 Å². The van der Waals surface area contributed by atoms with Gasteiger partial charge in [-0.3, -0.25) is 0 Å². The highest BCUT2D eigenvalue weighted by molar-refractivity contribution is 9.10. The first-order chi connectivity index (χ1) is 8.02. The molecule has 96 valence electrons. The first-order valence-electron chi connectivity index (χ1n) is 6.20. The van der Waals surface area contributed by atoms with Crippen molar-refractivity contribution in [2.75, 3.05) is 20.1 Å². The van der Waals surface area contributed by atoms with Crippen LogP contribution >= 0.6 is 15.9 Å². The quantitative estimate of drug-likeness (QED) is 0.865. The van der Waals surface area contributed by atoms with Gasteiger partial charge < -0.3 is 10.2 Å². The molecule has 0 aliphatic heterocycles. The molecule has 0 radical (unpaired) electrons. The van der Waals surface area contributed by atoms with Crippen LogP contribution in [-0.2, 0) is 0 Å². The molecule has 0 spiro atoms. The Balaban J connectivity index is 2.40. The van der Waals surface area contributed by atoms with E-state index in [1.165, 1.54) is 10.0 Å². The summed E-state index contributed by atoms with van der Waals surface area (Å²) in [4.78, 5) is 2.35. The summed E-state index contributed by atoms with van der Waals surface area (Å²) in [5.41, 5.74) is 1.32. The molecule has 2 nitrogen and oxygen atoms in total. The van der Waals surface area contributed by atoms with Crippen molar-refractivity contribution >= 4 is 15.9 Å². The van der Waals surface area contributed by atoms with Crippen molar-refractivity contribution in [1.82, 2.24) is 10.2 Å². The Kier molecular flexibility index (Phi) is 6.17. The summed E-state index contributed by atoms with van der Waals surface area (Å²) >= 11 is 3.59. The minimum absolute atomic E-state index is 0.381. The van der Waals surface area contributed by atoms with Crippen molar-refractivity contribution in [1.29, 1.82) is 0 Å². The second kappa shape index (κ2) is 7.14. The Morgan fingerprint density at radius 2 is 1.88 bits per heavy atom. The van der Waals surface area contributed by atoms with Crippen LogP contribution in [0, 0.1) is 0 Å². The molecule has 0 aliphatic rings. The Labute approximate surface area is 114 Å². The topological polar surface area (TPSA) is 15.3 Å². The highest BCUT2D eigenvalue weighted by atomic mass is 79.9. The molecule has 0 bridgehead atoms. The maximum absolute atomic E-state index is 3.59. The van der Waals surface area contributed by atoms with Crippen LogP contribution < -0.4 is 5.32 Å². The van der Waals surface area contributed by atoms with E-state index in [1.807, 2.05) is 6.07 Å². The van der Waals surface area contributed by atoms with E-state index in [0.29, 0.717) is 12.1 Å². The van der Waals surface area contributed by atoms with Gasteiger partial charge in [0.25, 0.3) is 0 Å². The molecular formula is C14H23BrN2. The van der Waals surface area contributed by atoms with Gasteiger partial charge in [-0.25, -0.2) is 0 Å². The van der Waals surface area contributed by atoms with Crippen molar-refractivity contribution in [3.8, 4) is 0 Å². The van der Waals surface area contributed by atoms with Gasteiger partial charge in [-0.2, -0.15) is 0 Å². The number of benzene rings is 1. The van der Waals surface area contributed by atoms with E-state index in [4.69, 9.17) is 0 Å². The Bertz CT molecular complexity index is 339. The molecule has 1 aromatic rings. The number of nitrogens with one attached hydrogen (secondary N) is 1. The number of nitrogens with zero attached hydrogens (tertiary/aromatic N) is 1. The van der Waals surface area contributed by atoms with Gasteiger partial charge in [-0.05, 0) is 39.4 Å². The van der Waals surface area contributed by atoms with E-state index in [0.717, 1.165) is 13.1 Å². The molecule has 1 N–H and O–H groups in total. The van der Waals surface area contributed by atoms with Gasteiger partial charge in [0.1, 0.15) is 0 Å². The molecule has 0 aromatic heterocycles. The molecule has 0 aliphatic carbocycles. The lowest BCUT2D eigenvalue weighted by Gasteiger charge is -2.23. The molecule has 0 saturated heterocycles. The predicted octanol–water partition coefficient (Wildman–Crippen LogP) is 3.44. The molecule has 0 saturated carbocycles. The van der Waals surface area contributed by atoms with Crippen LogP contribution in [0.3, 0.4) is 0 Å². The fourth-order valence-electron chi connectivity index (χ4n) is 1.65. The molecule has 17 heavy (non-hydrogen) atoms. The molecule has 1 unspecified atom stereocenters. The SMILES string of the molecule is CC(NCCN(C)C(C)C)c1ccccc1Br. The summed E-state index contributed by atoms with van der Waals surface area (Å²) in [6.45, 7) is 8.73. The minimum atomic E-state index is 0.381. The maximum Gasteiger partial charge on any atom is 0.0303 e. The summed E-state index contributed by atoms with van der Waals surface area (Å²) in [6.07, 6.45) is 0. The number of halogens is 1. The number of rotatable bonds is 6.